The molecule has 1 spiro atoms. The van der Waals surface area contributed by atoms with E-state index in [4.69, 9.17) is 0 Å². The molecule has 0 amide bonds. The molecule has 0 aromatic heterocycles. The molecule has 0 unspecified atom stereocenters. The Bertz CT molecular complexity index is 145. The zero-order valence-corrected chi connectivity index (χ0v) is 8.45. The van der Waals surface area contributed by atoms with E-state index in [0.717, 1.165) is 0 Å². The highest BCUT2D eigenvalue weighted by Gasteiger charge is 2.34. The highest BCUT2D eigenvalue weighted by atomic mass is 32.1. The molecule has 0 radical (unpaired) electrons. The summed E-state index contributed by atoms with van der Waals surface area (Å²) in [5.74, 6) is 0. The summed E-state index contributed by atoms with van der Waals surface area (Å²) in [6.45, 7) is 4.82. The van der Waals surface area contributed by atoms with Crippen LogP contribution < -0.4 is 5.32 Å². The molecular weight excluding hydrogens is 168 g/mol. The van der Waals surface area contributed by atoms with Crippen LogP contribution >= 0.6 is 12.8 Å². The summed E-state index contributed by atoms with van der Waals surface area (Å²) in [5, 5.41) is 3.43. The molecule has 0 atom stereocenters. The first-order valence-corrected chi connectivity index (χ1v) is 5.35. The zero-order chi connectivity index (χ0) is 8.44. The lowest BCUT2D eigenvalue weighted by Crippen LogP contribution is -2.43. The van der Waals surface area contributed by atoms with Gasteiger partial charge in [-0.05, 0) is 44.2 Å². The van der Waals surface area contributed by atoms with Gasteiger partial charge in [0.2, 0.25) is 0 Å². The minimum absolute atomic E-state index is 0.685. The Kier molecular flexibility index (Phi) is 2.63. The Morgan fingerprint density at radius 1 is 1.00 bits per heavy atom. The largest absolute Gasteiger partial charge is 0.317 e. The van der Waals surface area contributed by atoms with Gasteiger partial charge >= 0.3 is 0 Å². The predicted octanol–water partition coefficient (Wildman–Crippen LogP) is 1.30. The Labute approximate surface area is 80.2 Å². The Hall–Kier alpha value is 0.270. The number of hydrogen-bond donors (Lipinski definition) is 2. The van der Waals surface area contributed by atoms with Gasteiger partial charge in [0.1, 0.15) is 0 Å². The SMILES string of the molecule is SN1CCC2(CCNCC2)CC1. The van der Waals surface area contributed by atoms with Crippen molar-refractivity contribution in [3.63, 3.8) is 0 Å². The van der Waals surface area contributed by atoms with Gasteiger partial charge in [-0.15, -0.1) is 0 Å². The summed E-state index contributed by atoms with van der Waals surface area (Å²) < 4.78 is 2.16. The molecule has 70 valence electrons. The lowest BCUT2D eigenvalue weighted by molar-refractivity contribution is 0.116. The quantitative estimate of drug-likeness (QED) is 0.554. The molecule has 2 nitrogen and oxygen atoms in total. The van der Waals surface area contributed by atoms with Gasteiger partial charge in [-0.2, -0.15) is 0 Å². The van der Waals surface area contributed by atoms with Crippen LogP contribution in [0.3, 0.4) is 0 Å². The van der Waals surface area contributed by atoms with Crippen LogP contribution in [-0.4, -0.2) is 30.5 Å². The van der Waals surface area contributed by atoms with Crippen LogP contribution in [0.2, 0.25) is 0 Å². The second-order valence-electron chi connectivity index (χ2n) is 4.20. The van der Waals surface area contributed by atoms with E-state index in [1.165, 1.54) is 51.9 Å². The molecule has 0 aromatic rings. The number of nitrogens with one attached hydrogen (secondary N) is 1. The van der Waals surface area contributed by atoms with Crippen LogP contribution in [0.25, 0.3) is 0 Å². The summed E-state index contributed by atoms with van der Waals surface area (Å²) in [6, 6.07) is 0. The molecule has 1 N–H and O–H groups in total. The third-order valence-electron chi connectivity index (χ3n) is 3.46. The lowest BCUT2D eigenvalue weighted by atomic mass is 9.72. The second-order valence-corrected chi connectivity index (χ2v) is 4.77. The number of nitrogens with zero attached hydrogens (tertiary/aromatic N) is 1. The van der Waals surface area contributed by atoms with E-state index in [1.54, 1.807) is 0 Å². The molecule has 2 aliphatic heterocycles. The minimum Gasteiger partial charge on any atom is -0.317 e. The van der Waals surface area contributed by atoms with Gasteiger partial charge in [0.15, 0.2) is 0 Å². The van der Waals surface area contributed by atoms with Crippen molar-refractivity contribution in [1.29, 1.82) is 0 Å². The second kappa shape index (κ2) is 3.56. The highest BCUT2D eigenvalue weighted by Crippen LogP contribution is 2.39. The van der Waals surface area contributed by atoms with Gasteiger partial charge in [-0.25, -0.2) is 0 Å². The topological polar surface area (TPSA) is 15.3 Å². The third kappa shape index (κ3) is 1.78. The maximum absolute atomic E-state index is 4.38. The average molecular weight is 186 g/mol. The molecule has 3 heteroatoms. The minimum atomic E-state index is 0.685. The number of hydrogen-bond acceptors (Lipinski definition) is 3. The van der Waals surface area contributed by atoms with Crippen molar-refractivity contribution in [2.24, 2.45) is 5.41 Å². The van der Waals surface area contributed by atoms with Gasteiger partial charge in [-0.3, -0.25) is 4.31 Å². The van der Waals surface area contributed by atoms with Gasteiger partial charge in [0.05, 0.1) is 0 Å². The van der Waals surface area contributed by atoms with E-state index in [1.807, 2.05) is 0 Å². The van der Waals surface area contributed by atoms with E-state index >= 15 is 0 Å². The fourth-order valence-corrected chi connectivity index (χ4v) is 2.63. The monoisotopic (exact) mass is 186 g/mol. The molecule has 2 saturated heterocycles. The van der Waals surface area contributed by atoms with Gasteiger partial charge in [0, 0.05) is 13.1 Å². The first-order valence-electron chi connectivity index (χ1n) is 4.95. The standard InChI is InChI=1S/C9H18N2S/c12-11-7-3-9(4-8-11)1-5-10-6-2-9/h10,12H,1-8H2. The molecule has 0 aliphatic carbocycles. The van der Waals surface area contributed by atoms with Crippen molar-refractivity contribution in [2.75, 3.05) is 26.2 Å². The van der Waals surface area contributed by atoms with E-state index in [-0.39, 0.29) is 0 Å². The van der Waals surface area contributed by atoms with E-state index in [2.05, 4.69) is 22.4 Å². The first kappa shape index (κ1) is 8.85. The maximum atomic E-state index is 4.38. The van der Waals surface area contributed by atoms with Crippen LogP contribution in [-0.2, 0) is 0 Å². The van der Waals surface area contributed by atoms with Crippen LogP contribution in [0.4, 0.5) is 0 Å². The fourth-order valence-electron chi connectivity index (χ4n) is 2.43. The van der Waals surface area contributed by atoms with Crippen molar-refractivity contribution in [3.05, 3.63) is 0 Å². The molecule has 0 bridgehead atoms. The van der Waals surface area contributed by atoms with Crippen LogP contribution in [0.15, 0.2) is 0 Å². The first-order chi connectivity index (χ1) is 5.81. The normalized spacial score (nSPS) is 30.8. The van der Waals surface area contributed by atoms with Gasteiger partial charge in [0.25, 0.3) is 0 Å². The molecule has 2 aliphatic rings. The molecular formula is C9H18N2S. The summed E-state index contributed by atoms with van der Waals surface area (Å²) in [6.07, 6.45) is 5.49. The smallest absolute Gasteiger partial charge is 0.00923 e. The van der Waals surface area contributed by atoms with E-state index in [9.17, 15) is 0 Å². The van der Waals surface area contributed by atoms with Crippen molar-refractivity contribution >= 4 is 12.8 Å². The van der Waals surface area contributed by atoms with Crippen LogP contribution in [0, 0.1) is 5.41 Å². The number of piperidine rings is 2. The van der Waals surface area contributed by atoms with E-state index in [0.29, 0.717) is 5.41 Å². The molecule has 12 heavy (non-hydrogen) atoms. The summed E-state index contributed by atoms with van der Waals surface area (Å²) in [7, 11) is 0. The third-order valence-corrected chi connectivity index (χ3v) is 3.86. The molecule has 2 heterocycles. The van der Waals surface area contributed by atoms with Gasteiger partial charge in [-0.1, -0.05) is 12.8 Å². The lowest BCUT2D eigenvalue weighted by Gasteiger charge is -2.43. The van der Waals surface area contributed by atoms with Crippen molar-refractivity contribution in [1.82, 2.24) is 9.62 Å². The Balaban J connectivity index is 1.92. The maximum Gasteiger partial charge on any atom is 0.00923 e. The Morgan fingerprint density at radius 3 is 2.17 bits per heavy atom. The summed E-state index contributed by atoms with van der Waals surface area (Å²) in [5.41, 5.74) is 0.685. The van der Waals surface area contributed by atoms with Crippen LogP contribution in [0.1, 0.15) is 25.7 Å². The number of thiol groups is 1. The molecule has 0 aromatic carbocycles. The highest BCUT2D eigenvalue weighted by molar-refractivity contribution is 7.77. The predicted molar refractivity (Wildman–Crippen MR) is 54.3 cm³/mol. The van der Waals surface area contributed by atoms with Crippen LogP contribution in [0.5, 0.6) is 0 Å². The Morgan fingerprint density at radius 2 is 1.58 bits per heavy atom. The fraction of sp³-hybridized carbons (Fsp3) is 1.00. The number of rotatable bonds is 0. The summed E-state index contributed by atoms with van der Waals surface area (Å²) in [4.78, 5) is 0. The molecule has 0 saturated carbocycles. The van der Waals surface area contributed by atoms with Crippen molar-refractivity contribution in [2.45, 2.75) is 25.7 Å². The van der Waals surface area contributed by atoms with Crippen molar-refractivity contribution in [3.8, 4) is 0 Å². The van der Waals surface area contributed by atoms with Crippen molar-refractivity contribution < 1.29 is 0 Å². The molecule has 2 rings (SSSR count). The molecule has 2 fully saturated rings. The summed E-state index contributed by atoms with van der Waals surface area (Å²) >= 11 is 4.38. The average Bonchev–Trinajstić information content (AvgIpc) is 2.13. The van der Waals surface area contributed by atoms with E-state index < -0.39 is 0 Å². The van der Waals surface area contributed by atoms with Gasteiger partial charge < -0.3 is 5.32 Å². The zero-order valence-electron chi connectivity index (χ0n) is 7.55.